The Morgan fingerprint density at radius 3 is 2.15 bits per heavy atom. The van der Waals surface area contributed by atoms with Crippen LogP contribution in [0, 0.1) is 0 Å². The van der Waals surface area contributed by atoms with Crippen LogP contribution in [0.4, 0.5) is 0 Å². The lowest BCUT2D eigenvalue weighted by atomic mass is 10.1. The van der Waals surface area contributed by atoms with Gasteiger partial charge in [-0.15, -0.1) is 0 Å². The van der Waals surface area contributed by atoms with Crippen LogP contribution in [-0.4, -0.2) is 31.4 Å². The van der Waals surface area contributed by atoms with Crippen LogP contribution >= 0.6 is 0 Å². The van der Waals surface area contributed by atoms with Gasteiger partial charge >= 0.3 is 5.97 Å². The maximum absolute atomic E-state index is 12.4. The van der Waals surface area contributed by atoms with Crippen LogP contribution in [0.1, 0.15) is 42.2 Å². The SMILES string of the molecule is CCC(C)NS(=O)(=O)c1ccc(C(=O)NC(C(=O)O)c2ccccc2)cc1. The average molecular weight is 390 g/mol. The topological polar surface area (TPSA) is 113 Å². The van der Waals surface area contributed by atoms with Crippen molar-refractivity contribution in [3.8, 4) is 0 Å². The summed E-state index contributed by atoms with van der Waals surface area (Å²) in [4.78, 5) is 23.9. The van der Waals surface area contributed by atoms with Gasteiger partial charge in [-0.3, -0.25) is 4.79 Å². The number of nitrogens with one attached hydrogen (secondary N) is 2. The van der Waals surface area contributed by atoms with Gasteiger partial charge in [0.2, 0.25) is 10.0 Å². The third kappa shape index (κ3) is 5.38. The minimum atomic E-state index is -3.67. The van der Waals surface area contributed by atoms with Gasteiger partial charge in [-0.2, -0.15) is 0 Å². The van der Waals surface area contributed by atoms with Crippen LogP contribution in [0.5, 0.6) is 0 Å². The summed E-state index contributed by atoms with van der Waals surface area (Å²) < 4.78 is 27.0. The fourth-order valence-electron chi connectivity index (χ4n) is 2.35. The Morgan fingerprint density at radius 2 is 1.63 bits per heavy atom. The molecule has 0 radical (unpaired) electrons. The van der Waals surface area contributed by atoms with Crippen LogP contribution in [0.3, 0.4) is 0 Å². The number of carboxylic acids is 1. The molecule has 0 fully saturated rings. The third-order valence-electron chi connectivity index (χ3n) is 4.05. The second-order valence-electron chi connectivity index (χ2n) is 6.11. The molecule has 144 valence electrons. The first-order valence-electron chi connectivity index (χ1n) is 8.45. The Bertz CT molecular complexity index is 895. The summed E-state index contributed by atoms with van der Waals surface area (Å²) in [5, 5.41) is 11.8. The Labute approximate surface area is 158 Å². The smallest absolute Gasteiger partial charge is 0.330 e. The molecule has 8 heteroatoms. The second-order valence-corrected chi connectivity index (χ2v) is 7.82. The fourth-order valence-corrected chi connectivity index (χ4v) is 3.68. The lowest BCUT2D eigenvalue weighted by Gasteiger charge is -2.15. The number of hydrogen-bond acceptors (Lipinski definition) is 4. The van der Waals surface area contributed by atoms with E-state index in [1.807, 2.05) is 6.92 Å². The summed E-state index contributed by atoms with van der Waals surface area (Å²) in [6, 6.07) is 12.3. The van der Waals surface area contributed by atoms with Gasteiger partial charge in [0, 0.05) is 11.6 Å². The van der Waals surface area contributed by atoms with Crippen molar-refractivity contribution in [3.63, 3.8) is 0 Å². The predicted octanol–water partition coefficient (Wildman–Crippen LogP) is 2.32. The third-order valence-corrected chi connectivity index (χ3v) is 5.66. The predicted molar refractivity (Wildman–Crippen MR) is 101 cm³/mol. The lowest BCUT2D eigenvalue weighted by molar-refractivity contribution is -0.139. The summed E-state index contributed by atoms with van der Waals surface area (Å²) in [6.45, 7) is 3.63. The van der Waals surface area contributed by atoms with Gasteiger partial charge in [0.1, 0.15) is 0 Å². The molecule has 27 heavy (non-hydrogen) atoms. The van der Waals surface area contributed by atoms with Crippen LogP contribution < -0.4 is 10.0 Å². The maximum atomic E-state index is 12.4. The molecule has 1 amide bonds. The first-order chi connectivity index (χ1) is 12.7. The molecule has 2 aromatic rings. The van der Waals surface area contributed by atoms with E-state index in [1.54, 1.807) is 37.3 Å². The number of aliphatic carboxylic acids is 1. The van der Waals surface area contributed by atoms with E-state index in [2.05, 4.69) is 10.0 Å². The fraction of sp³-hybridized carbons (Fsp3) is 0.263. The van der Waals surface area contributed by atoms with Gasteiger partial charge in [-0.25, -0.2) is 17.9 Å². The Morgan fingerprint density at radius 1 is 1.04 bits per heavy atom. The van der Waals surface area contributed by atoms with Crippen molar-refractivity contribution < 1.29 is 23.1 Å². The highest BCUT2D eigenvalue weighted by molar-refractivity contribution is 7.89. The molecule has 0 bridgehead atoms. The summed E-state index contributed by atoms with van der Waals surface area (Å²) >= 11 is 0. The normalized spacial score (nSPS) is 13.6. The highest BCUT2D eigenvalue weighted by Gasteiger charge is 2.23. The van der Waals surface area contributed by atoms with Crippen molar-refractivity contribution in [1.82, 2.24) is 10.0 Å². The van der Waals surface area contributed by atoms with Gasteiger partial charge < -0.3 is 10.4 Å². The van der Waals surface area contributed by atoms with Crippen molar-refractivity contribution in [2.45, 2.75) is 37.2 Å². The van der Waals surface area contributed by atoms with Gasteiger partial charge in [-0.05, 0) is 43.2 Å². The number of amides is 1. The molecule has 0 aliphatic carbocycles. The number of hydrogen-bond donors (Lipinski definition) is 3. The highest BCUT2D eigenvalue weighted by Crippen LogP contribution is 2.16. The van der Waals surface area contributed by atoms with Crippen LogP contribution in [-0.2, 0) is 14.8 Å². The monoisotopic (exact) mass is 390 g/mol. The van der Waals surface area contributed by atoms with E-state index in [9.17, 15) is 23.1 Å². The average Bonchev–Trinajstić information content (AvgIpc) is 2.66. The molecular formula is C19H22N2O5S. The molecule has 0 aliphatic heterocycles. The minimum absolute atomic E-state index is 0.0391. The Kier molecular flexibility index (Phi) is 6.70. The second kappa shape index (κ2) is 8.79. The van der Waals surface area contributed by atoms with E-state index in [0.29, 0.717) is 12.0 Å². The van der Waals surface area contributed by atoms with E-state index in [1.165, 1.54) is 24.3 Å². The Balaban J connectivity index is 2.16. The highest BCUT2D eigenvalue weighted by atomic mass is 32.2. The van der Waals surface area contributed by atoms with E-state index in [0.717, 1.165) is 0 Å². The van der Waals surface area contributed by atoms with Crippen molar-refractivity contribution in [3.05, 3.63) is 65.7 Å². The zero-order valence-electron chi connectivity index (χ0n) is 15.0. The molecule has 0 aliphatic rings. The first kappa shape index (κ1) is 20.6. The lowest BCUT2D eigenvalue weighted by Crippen LogP contribution is -2.34. The zero-order valence-corrected chi connectivity index (χ0v) is 15.9. The van der Waals surface area contributed by atoms with E-state index >= 15 is 0 Å². The summed E-state index contributed by atoms with van der Waals surface area (Å²) in [6.07, 6.45) is 0.649. The van der Waals surface area contributed by atoms with E-state index in [-0.39, 0.29) is 16.5 Å². The number of carbonyl (C=O) groups is 2. The number of sulfonamides is 1. The first-order valence-corrected chi connectivity index (χ1v) is 9.94. The molecule has 0 saturated heterocycles. The van der Waals surface area contributed by atoms with Gasteiger partial charge in [0.05, 0.1) is 4.90 Å². The van der Waals surface area contributed by atoms with E-state index in [4.69, 9.17) is 0 Å². The molecule has 0 heterocycles. The largest absolute Gasteiger partial charge is 0.479 e. The minimum Gasteiger partial charge on any atom is -0.479 e. The summed E-state index contributed by atoms with van der Waals surface area (Å²) in [5.41, 5.74) is 0.606. The molecule has 2 atom stereocenters. The molecule has 7 nitrogen and oxygen atoms in total. The Hall–Kier alpha value is -2.71. The summed E-state index contributed by atoms with van der Waals surface area (Å²) in [7, 11) is -3.67. The van der Waals surface area contributed by atoms with Gasteiger partial charge in [-0.1, -0.05) is 37.3 Å². The zero-order chi connectivity index (χ0) is 20.0. The van der Waals surface area contributed by atoms with Crippen molar-refractivity contribution >= 4 is 21.9 Å². The molecule has 0 spiro atoms. The van der Waals surface area contributed by atoms with Gasteiger partial charge in [0.25, 0.3) is 5.91 Å². The standard InChI is InChI=1S/C19H22N2O5S/c1-3-13(2)21-27(25,26)16-11-9-15(10-12-16)18(22)20-17(19(23)24)14-7-5-4-6-8-14/h4-13,17,21H,3H2,1-2H3,(H,20,22)(H,23,24). The van der Waals surface area contributed by atoms with Crippen LogP contribution in [0.25, 0.3) is 0 Å². The van der Waals surface area contributed by atoms with Crippen LogP contribution in [0.2, 0.25) is 0 Å². The summed E-state index contributed by atoms with van der Waals surface area (Å²) in [5.74, 6) is -1.79. The van der Waals surface area contributed by atoms with Gasteiger partial charge in [0.15, 0.2) is 6.04 Å². The van der Waals surface area contributed by atoms with Crippen LogP contribution in [0.15, 0.2) is 59.5 Å². The van der Waals surface area contributed by atoms with Crippen molar-refractivity contribution in [2.75, 3.05) is 0 Å². The molecule has 2 aromatic carbocycles. The maximum Gasteiger partial charge on any atom is 0.330 e. The molecular weight excluding hydrogens is 368 g/mol. The van der Waals surface area contributed by atoms with E-state index < -0.39 is 27.9 Å². The molecule has 0 aromatic heterocycles. The molecule has 2 rings (SSSR count). The number of benzene rings is 2. The number of carboxylic acid groups (broad SMARTS) is 1. The molecule has 0 saturated carbocycles. The number of rotatable bonds is 8. The number of carbonyl (C=O) groups excluding carboxylic acids is 1. The quantitative estimate of drug-likeness (QED) is 0.640. The van der Waals surface area contributed by atoms with Crippen molar-refractivity contribution in [2.24, 2.45) is 0 Å². The molecule has 2 unspecified atom stereocenters. The molecule has 3 N–H and O–H groups in total. The van der Waals surface area contributed by atoms with Crippen molar-refractivity contribution in [1.29, 1.82) is 0 Å².